The Morgan fingerprint density at radius 2 is 1.89 bits per heavy atom. The summed E-state index contributed by atoms with van der Waals surface area (Å²) in [6.07, 6.45) is 0. The van der Waals surface area contributed by atoms with Gasteiger partial charge in [0.05, 0.1) is 10.4 Å². The molecule has 0 aliphatic heterocycles. The second-order valence-corrected chi connectivity index (χ2v) is 5.91. The highest BCUT2D eigenvalue weighted by Gasteiger charge is 2.09. The van der Waals surface area contributed by atoms with E-state index < -0.39 is 0 Å². The highest BCUT2D eigenvalue weighted by molar-refractivity contribution is 7.15. The van der Waals surface area contributed by atoms with Gasteiger partial charge in [0.15, 0.2) is 5.82 Å². The summed E-state index contributed by atoms with van der Waals surface area (Å²) in [5.74, 6) is 0.703. The van der Waals surface area contributed by atoms with Crippen LogP contribution in [0.15, 0.2) is 30.3 Å². The highest BCUT2D eigenvalue weighted by Crippen LogP contribution is 2.29. The van der Waals surface area contributed by atoms with Crippen LogP contribution in [0.2, 0.25) is 5.15 Å². The van der Waals surface area contributed by atoms with E-state index in [0.29, 0.717) is 11.0 Å². The van der Waals surface area contributed by atoms with Gasteiger partial charge in [-0.05, 0) is 38.1 Å². The first kappa shape index (κ1) is 11.6. The van der Waals surface area contributed by atoms with Gasteiger partial charge in [-0.3, -0.25) is 0 Å². The third kappa shape index (κ3) is 2.00. The van der Waals surface area contributed by atoms with E-state index in [1.54, 1.807) is 11.3 Å². The van der Waals surface area contributed by atoms with Gasteiger partial charge in [-0.1, -0.05) is 23.2 Å². The molecule has 4 heteroatoms. The molecule has 0 fully saturated rings. The minimum absolute atomic E-state index is 0.518. The number of thiophene rings is 1. The van der Waals surface area contributed by atoms with Crippen LogP contribution in [0, 0.1) is 13.8 Å². The lowest BCUT2D eigenvalue weighted by Crippen LogP contribution is -1.90. The first-order valence-corrected chi connectivity index (χ1v) is 6.83. The Kier molecular flexibility index (Phi) is 2.80. The average molecular weight is 275 g/mol. The molecule has 0 amide bonds. The molecular weight excluding hydrogens is 264 g/mol. The van der Waals surface area contributed by atoms with Crippen molar-refractivity contribution >= 4 is 33.8 Å². The summed E-state index contributed by atoms with van der Waals surface area (Å²) in [5.41, 5.74) is 2.05. The highest BCUT2D eigenvalue weighted by atomic mass is 35.5. The van der Waals surface area contributed by atoms with E-state index in [9.17, 15) is 0 Å². The molecule has 0 aliphatic carbocycles. The lowest BCUT2D eigenvalue weighted by molar-refractivity contribution is 1.24. The second kappa shape index (κ2) is 4.34. The molecule has 0 N–H and O–H groups in total. The van der Waals surface area contributed by atoms with Crippen molar-refractivity contribution in [1.82, 2.24) is 9.97 Å². The largest absolute Gasteiger partial charge is 0.227 e. The van der Waals surface area contributed by atoms with E-state index in [2.05, 4.69) is 23.0 Å². The third-order valence-electron chi connectivity index (χ3n) is 2.77. The van der Waals surface area contributed by atoms with E-state index in [1.807, 2.05) is 31.2 Å². The Bertz CT molecular complexity index is 734. The van der Waals surface area contributed by atoms with Gasteiger partial charge in [-0.2, -0.15) is 0 Å². The molecule has 3 rings (SSSR count). The molecule has 3 aromatic rings. The predicted molar refractivity (Wildman–Crippen MR) is 77.3 cm³/mol. The zero-order chi connectivity index (χ0) is 12.7. The summed E-state index contributed by atoms with van der Waals surface area (Å²) >= 11 is 7.92. The van der Waals surface area contributed by atoms with Crippen LogP contribution in [0.25, 0.3) is 21.6 Å². The first-order chi connectivity index (χ1) is 8.63. The molecule has 0 saturated heterocycles. The SMILES string of the molecule is Cc1ccc2nc(-c3ccc(C)s3)nc(Cl)c2c1. The maximum atomic E-state index is 6.24. The molecule has 2 heterocycles. The second-order valence-electron chi connectivity index (χ2n) is 4.27. The Balaban J connectivity index is 2.24. The molecular formula is C14H11ClN2S. The van der Waals surface area contributed by atoms with Gasteiger partial charge < -0.3 is 0 Å². The summed E-state index contributed by atoms with van der Waals surface area (Å²) in [4.78, 5) is 11.3. The number of rotatable bonds is 1. The topological polar surface area (TPSA) is 25.8 Å². The Labute approximate surface area is 114 Å². The van der Waals surface area contributed by atoms with Gasteiger partial charge in [-0.25, -0.2) is 9.97 Å². The van der Waals surface area contributed by atoms with Gasteiger partial charge >= 0.3 is 0 Å². The van der Waals surface area contributed by atoms with E-state index >= 15 is 0 Å². The molecule has 1 aromatic carbocycles. The van der Waals surface area contributed by atoms with Crippen molar-refractivity contribution in [3.63, 3.8) is 0 Å². The van der Waals surface area contributed by atoms with Crippen molar-refractivity contribution < 1.29 is 0 Å². The number of hydrogen-bond acceptors (Lipinski definition) is 3. The van der Waals surface area contributed by atoms with Gasteiger partial charge in [0.25, 0.3) is 0 Å². The molecule has 0 spiro atoms. The van der Waals surface area contributed by atoms with Crippen LogP contribution >= 0.6 is 22.9 Å². The lowest BCUT2D eigenvalue weighted by atomic mass is 10.2. The van der Waals surface area contributed by atoms with Crippen LogP contribution < -0.4 is 0 Å². The molecule has 0 aliphatic rings. The maximum Gasteiger partial charge on any atom is 0.171 e. The average Bonchev–Trinajstić information content (AvgIpc) is 2.77. The predicted octanol–water partition coefficient (Wildman–Crippen LogP) is 4.63. The van der Waals surface area contributed by atoms with Crippen LogP contribution in [0.3, 0.4) is 0 Å². The maximum absolute atomic E-state index is 6.24. The molecule has 0 unspecified atom stereocenters. The standard InChI is InChI=1S/C14H11ClN2S/c1-8-3-5-11-10(7-8)13(15)17-14(16-11)12-6-4-9(2)18-12/h3-7H,1-2H3. The number of halogens is 1. The summed E-state index contributed by atoms with van der Waals surface area (Å²) in [6.45, 7) is 4.10. The number of aryl methyl sites for hydroxylation is 2. The summed E-state index contributed by atoms with van der Waals surface area (Å²) in [6, 6.07) is 10.1. The molecule has 0 bridgehead atoms. The van der Waals surface area contributed by atoms with E-state index in [4.69, 9.17) is 11.6 Å². The fourth-order valence-electron chi connectivity index (χ4n) is 1.87. The van der Waals surface area contributed by atoms with Crippen molar-refractivity contribution in [2.45, 2.75) is 13.8 Å². The minimum atomic E-state index is 0.518. The molecule has 90 valence electrons. The summed E-state index contributed by atoms with van der Waals surface area (Å²) in [7, 11) is 0. The van der Waals surface area contributed by atoms with Crippen molar-refractivity contribution in [3.8, 4) is 10.7 Å². The van der Waals surface area contributed by atoms with Crippen molar-refractivity contribution in [1.29, 1.82) is 0 Å². The molecule has 0 atom stereocenters. The quantitative estimate of drug-likeness (QED) is 0.605. The molecule has 0 saturated carbocycles. The Morgan fingerprint density at radius 1 is 1.06 bits per heavy atom. The van der Waals surface area contributed by atoms with E-state index in [-0.39, 0.29) is 0 Å². The Hall–Kier alpha value is -1.45. The fourth-order valence-corrected chi connectivity index (χ4v) is 2.90. The molecule has 2 aromatic heterocycles. The number of benzene rings is 1. The zero-order valence-electron chi connectivity index (χ0n) is 10.1. The van der Waals surface area contributed by atoms with Gasteiger partial charge in [0, 0.05) is 10.3 Å². The fraction of sp³-hybridized carbons (Fsp3) is 0.143. The number of hydrogen-bond donors (Lipinski definition) is 0. The van der Waals surface area contributed by atoms with Gasteiger partial charge in [0.1, 0.15) is 5.15 Å². The van der Waals surface area contributed by atoms with Crippen LogP contribution in [-0.4, -0.2) is 9.97 Å². The van der Waals surface area contributed by atoms with Crippen LogP contribution in [0.1, 0.15) is 10.4 Å². The smallest absolute Gasteiger partial charge is 0.171 e. The third-order valence-corrected chi connectivity index (χ3v) is 4.05. The summed E-state index contributed by atoms with van der Waals surface area (Å²) < 4.78 is 0. The van der Waals surface area contributed by atoms with E-state index in [0.717, 1.165) is 21.3 Å². The molecule has 2 nitrogen and oxygen atoms in total. The minimum Gasteiger partial charge on any atom is -0.227 e. The number of fused-ring (bicyclic) bond motifs is 1. The van der Waals surface area contributed by atoms with Crippen molar-refractivity contribution in [2.75, 3.05) is 0 Å². The van der Waals surface area contributed by atoms with Gasteiger partial charge in [0.2, 0.25) is 0 Å². The normalized spacial score (nSPS) is 11.1. The van der Waals surface area contributed by atoms with Crippen molar-refractivity contribution in [2.24, 2.45) is 0 Å². The molecule has 18 heavy (non-hydrogen) atoms. The first-order valence-electron chi connectivity index (χ1n) is 5.64. The van der Waals surface area contributed by atoms with Crippen LogP contribution in [0.5, 0.6) is 0 Å². The monoisotopic (exact) mass is 274 g/mol. The molecule has 0 radical (unpaired) electrons. The van der Waals surface area contributed by atoms with Crippen LogP contribution in [-0.2, 0) is 0 Å². The van der Waals surface area contributed by atoms with Crippen molar-refractivity contribution in [3.05, 3.63) is 45.9 Å². The summed E-state index contributed by atoms with van der Waals surface area (Å²) in [5, 5.41) is 1.43. The zero-order valence-corrected chi connectivity index (χ0v) is 11.6. The van der Waals surface area contributed by atoms with Gasteiger partial charge in [-0.15, -0.1) is 11.3 Å². The lowest BCUT2D eigenvalue weighted by Gasteiger charge is -2.03. The van der Waals surface area contributed by atoms with E-state index in [1.165, 1.54) is 4.88 Å². The number of nitrogens with zero attached hydrogens (tertiary/aromatic N) is 2. The Morgan fingerprint density at radius 3 is 2.61 bits per heavy atom. The van der Waals surface area contributed by atoms with Crippen LogP contribution in [0.4, 0.5) is 0 Å². The number of aromatic nitrogens is 2.